The molecule has 11 heteroatoms. The number of halogens is 1. The second kappa shape index (κ2) is 16.1. The van der Waals surface area contributed by atoms with Crippen molar-refractivity contribution in [2.45, 2.75) is 56.7 Å². The number of carbonyl (C=O) groups is 3. The average molecular weight is 620 g/mol. The van der Waals surface area contributed by atoms with Gasteiger partial charge in [0.05, 0.1) is 6.04 Å². The van der Waals surface area contributed by atoms with Crippen LogP contribution in [0, 0.1) is 0 Å². The van der Waals surface area contributed by atoms with E-state index in [0.717, 1.165) is 21.9 Å². The van der Waals surface area contributed by atoms with Crippen molar-refractivity contribution in [2.75, 3.05) is 26.7 Å². The van der Waals surface area contributed by atoms with Crippen LogP contribution in [0.3, 0.4) is 0 Å². The summed E-state index contributed by atoms with van der Waals surface area (Å²) in [5.74, 6) is -0.445. The summed E-state index contributed by atoms with van der Waals surface area (Å²) < 4.78 is 0. The SMILES string of the molecule is CNC(=O)[C@H](Cc1ccc2ccccc2c1)N1CC[C@H](CNC(=O)CCc2ccc(Cl)cc2)N[C@@H](CCCN=C(N)N)C1=O. The van der Waals surface area contributed by atoms with Gasteiger partial charge < -0.3 is 32.3 Å². The summed E-state index contributed by atoms with van der Waals surface area (Å²) >= 11 is 5.96. The lowest BCUT2D eigenvalue weighted by Gasteiger charge is -2.31. The number of hydrogen-bond donors (Lipinski definition) is 5. The molecule has 44 heavy (non-hydrogen) atoms. The number of carbonyl (C=O) groups excluding carboxylic acids is 3. The zero-order valence-corrected chi connectivity index (χ0v) is 25.9. The molecule has 1 fully saturated rings. The van der Waals surface area contributed by atoms with Gasteiger partial charge in [0.25, 0.3) is 0 Å². The topological polar surface area (TPSA) is 155 Å². The average Bonchev–Trinajstić information content (AvgIpc) is 3.18. The summed E-state index contributed by atoms with van der Waals surface area (Å²) in [5, 5.41) is 12.1. The number of nitrogens with one attached hydrogen (secondary N) is 3. The van der Waals surface area contributed by atoms with Crippen LogP contribution in [0.2, 0.25) is 5.02 Å². The summed E-state index contributed by atoms with van der Waals surface area (Å²) in [7, 11) is 1.59. The molecule has 0 unspecified atom stereocenters. The van der Waals surface area contributed by atoms with Crippen molar-refractivity contribution in [1.82, 2.24) is 20.9 Å². The van der Waals surface area contributed by atoms with Crippen molar-refractivity contribution < 1.29 is 14.4 Å². The van der Waals surface area contributed by atoms with E-state index < -0.39 is 12.1 Å². The molecule has 0 radical (unpaired) electrons. The smallest absolute Gasteiger partial charge is 0.242 e. The van der Waals surface area contributed by atoms with Gasteiger partial charge in [-0.3, -0.25) is 19.4 Å². The number of aryl methyl sites for hydroxylation is 1. The van der Waals surface area contributed by atoms with E-state index in [1.807, 2.05) is 60.7 Å². The lowest BCUT2D eigenvalue weighted by atomic mass is 9.99. The van der Waals surface area contributed by atoms with Crippen LogP contribution in [0.4, 0.5) is 0 Å². The fourth-order valence-corrected chi connectivity index (χ4v) is 5.69. The monoisotopic (exact) mass is 619 g/mol. The number of fused-ring (bicyclic) bond motifs is 1. The summed E-state index contributed by atoms with van der Waals surface area (Å²) in [6, 6.07) is 20.2. The standard InChI is InChI=1S/C33H42ClN7O3/c1-37-31(43)29(20-23-8-12-24-5-2-3-6-25(24)19-23)41-18-16-27(40-28(32(41)44)7-4-17-38-33(35)36)21-39-30(42)15-11-22-9-13-26(34)14-10-22/h2-3,5-6,8-10,12-14,19,27-29,40H,4,7,11,15-18,20-21H2,1H3,(H,37,43)(H,39,42)(H4,35,36,38)/t27-,28+,29+/m1/s1. The molecule has 3 aromatic rings. The van der Waals surface area contributed by atoms with Crippen molar-refractivity contribution in [1.29, 1.82) is 0 Å². The maximum atomic E-state index is 14.0. The number of aliphatic imine (C=N–C) groups is 1. The zero-order chi connectivity index (χ0) is 31.5. The van der Waals surface area contributed by atoms with E-state index >= 15 is 0 Å². The number of nitrogens with zero attached hydrogens (tertiary/aromatic N) is 2. The third kappa shape index (κ3) is 9.42. The molecule has 0 saturated carbocycles. The molecule has 3 aromatic carbocycles. The van der Waals surface area contributed by atoms with Crippen LogP contribution in [0.1, 0.15) is 36.8 Å². The number of amides is 3. The van der Waals surface area contributed by atoms with E-state index in [1.54, 1.807) is 11.9 Å². The highest BCUT2D eigenvalue weighted by atomic mass is 35.5. The van der Waals surface area contributed by atoms with Crippen molar-refractivity contribution >= 4 is 46.1 Å². The third-order valence-electron chi connectivity index (χ3n) is 7.95. The molecule has 1 saturated heterocycles. The van der Waals surface area contributed by atoms with Crippen molar-refractivity contribution in [3.63, 3.8) is 0 Å². The summed E-state index contributed by atoms with van der Waals surface area (Å²) in [4.78, 5) is 45.7. The van der Waals surface area contributed by atoms with Crippen molar-refractivity contribution in [3.8, 4) is 0 Å². The Bertz CT molecular complexity index is 1460. The molecule has 10 nitrogen and oxygen atoms in total. The molecule has 0 spiro atoms. The number of rotatable bonds is 13. The minimum atomic E-state index is -0.691. The largest absolute Gasteiger partial charge is 0.370 e. The van der Waals surface area contributed by atoms with Crippen LogP contribution in [0.25, 0.3) is 10.8 Å². The highest BCUT2D eigenvalue weighted by Crippen LogP contribution is 2.21. The maximum absolute atomic E-state index is 14.0. The Kier molecular flexibility index (Phi) is 12.0. The first kappa shape index (κ1) is 32.8. The Labute approximate surface area is 263 Å². The van der Waals surface area contributed by atoms with Gasteiger partial charge in [-0.15, -0.1) is 0 Å². The van der Waals surface area contributed by atoms with Crippen molar-refractivity contribution in [3.05, 3.63) is 82.9 Å². The predicted octanol–water partition coefficient (Wildman–Crippen LogP) is 2.51. The molecule has 3 amide bonds. The lowest BCUT2D eigenvalue weighted by Crippen LogP contribution is -2.54. The molecule has 4 rings (SSSR count). The van der Waals surface area contributed by atoms with E-state index in [9.17, 15) is 14.4 Å². The molecule has 7 N–H and O–H groups in total. The Balaban J connectivity index is 1.46. The number of likely N-dealkylation sites (N-methyl/N-ethyl adjacent to an activating group) is 1. The number of benzene rings is 3. The highest BCUT2D eigenvalue weighted by molar-refractivity contribution is 6.30. The van der Waals surface area contributed by atoms with E-state index in [-0.39, 0.29) is 29.7 Å². The van der Waals surface area contributed by atoms with Crippen LogP contribution in [-0.4, -0.2) is 73.4 Å². The Hall–Kier alpha value is -4.15. The molecule has 234 valence electrons. The van der Waals surface area contributed by atoms with E-state index in [4.69, 9.17) is 23.1 Å². The molecule has 3 atom stereocenters. The number of hydrogen-bond acceptors (Lipinski definition) is 5. The van der Waals surface area contributed by atoms with Crippen LogP contribution in [-0.2, 0) is 27.2 Å². The predicted molar refractivity (Wildman–Crippen MR) is 175 cm³/mol. The molecular formula is C33H42ClN7O3. The molecule has 0 aromatic heterocycles. The number of nitrogens with two attached hydrogens (primary N) is 2. The van der Waals surface area contributed by atoms with Gasteiger partial charge >= 0.3 is 0 Å². The molecule has 1 aliphatic heterocycles. The first-order valence-electron chi connectivity index (χ1n) is 15.1. The zero-order valence-electron chi connectivity index (χ0n) is 25.1. The molecule has 0 aliphatic carbocycles. The van der Waals surface area contributed by atoms with E-state index in [0.29, 0.717) is 63.2 Å². The van der Waals surface area contributed by atoms with Gasteiger partial charge in [0, 0.05) is 50.6 Å². The van der Waals surface area contributed by atoms with Gasteiger partial charge in [-0.25, -0.2) is 0 Å². The Morgan fingerprint density at radius 2 is 1.80 bits per heavy atom. The molecule has 1 heterocycles. The van der Waals surface area contributed by atoms with E-state index in [2.05, 4.69) is 27.0 Å². The Morgan fingerprint density at radius 1 is 1.07 bits per heavy atom. The van der Waals surface area contributed by atoms with Crippen LogP contribution < -0.4 is 27.4 Å². The number of guanidine groups is 1. The first-order chi connectivity index (χ1) is 21.2. The van der Waals surface area contributed by atoms with Crippen LogP contribution >= 0.6 is 11.6 Å². The maximum Gasteiger partial charge on any atom is 0.242 e. The summed E-state index contributed by atoms with van der Waals surface area (Å²) in [6.45, 7) is 1.11. The minimum absolute atomic E-state index is 0.000957. The van der Waals surface area contributed by atoms with Gasteiger partial charge in [0.2, 0.25) is 17.7 Å². The van der Waals surface area contributed by atoms with Crippen LogP contribution in [0.15, 0.2) is 71.7 Å². The normalized spacial score (nSPS) is 17.5. The summed E-state index contributed by atoms with van der Waals surface area (Å²) in [6.07, 6.45) is 2.94. The van der Waals surface area contributed by atoms with Gasteiger partial charge in [-0.1, -0.05) is 66.2 Å². The van der Waals surface area contributed by atoms with Gasteiger partial charge in [0.15, 0.2) is 5.96 Å². The molecular weight excluding hydrogens is 578 g/mol. The highest BCUT2D eigenvalue weighted by Gasteiger charge is 2.37. The fraction of sp³-hybridized carbons (Fsp3) is 0.394. The quantitative estimate of drug-likeness (QED) is 0.112. The molecule has 0 bridgehead atoms. The summed E-state index contributed by atoms with van der Waals surface area (Å²) in [5.41, 5.74) is 13.0. The van der Waals surface area contributed by atoms with E-state index in [1.165, 1.54) is 0 Å². The second-order valence-corrected chi connectivity index (χ2v) is 11.6. The first-order valence-corrected chi connectivity index (χ1v) is 15.4. The lowest BCUT2D eigenvalue weighted by molar-refractivity contribution is -0.141. The van der Waals surface area contributed by atoms with Gasteiger partial charge in [0.1, 0.15) is 6.04 Å². The van der Waals surface area contributed by atoms with Gasteiger partial charge in [-0.2, -0.15) is 0 Å². The van der Waals surface area contributed by atoms with Crippen molar-refractivity contribution in [2.24, 2.45) is 16.5 Å². The fourth-order valence-electron chi connectivity index (χ4n) is 5.56. The van der Waals surface area contributed by atoms with Gasteiger partial charge in [-0.05, 0) is 59.7 Å². The Morgan fingerprint density at radius 3 is 2.52 bits per heavy atom. The van der Waals surface area contributed by atoms with Crippen LogP contribution in [0.5, 0.6) is 0 Å². The molecule has 1 aliphatic rings. The third-order valence-corrected chi connectivity index (χ3v) is 8.20. The minimum Gasteiger partial charge on any atom is -0.370 e. The second-order valence-electron chi connectivity index (χ2n) is 11.1.